The fourth-order valence-electron chi connectivity index (χ4n) is 1.79. The van der Waals surface area contributed by atoms with Crippen LogP contribution in [0.2, 0.25) is 0 Å². The van der Waals surface area contributed by atoms with Crippen LogP contribution in [0.25, 0.3) is 0 Å². The highest BCUT2D eigenvalue weighted by Crippen LogP contribution is 2.20. The van der Waals surface area contributed by atoms with Crippen molar-refractivity contribution in [2.24, 2.45) is 0 Å². The number of rotatable bonds is 7. The van der Waals surface area contributed by atoms with E-state index in [4.69, 9.17) is 4.74 Å². The summed E-state index contributed by atoms with van der Waals surface area (Å²) >= 11 is 3.42. The molecule has 0 aliphatic heterocycles. The smallest absolute Gasteiger partial charge is 0.243 e. The van der Waals surface area contributed by atoms with E-state index in [0.29, 0.717) is 25.3 Å². The number of benzene rings is 1. The number of ether oxygens (including phenoxy) is 1. The van der Waals surface area contributed by atoms with Crippen LogP contribution in [0, 0.1) is 6.92 Å². The normalized spacial score (nSPS) is 10.3. The first-order valence-electron chi connectivity index (χ1n) is 6.74. The summed E-state index contributed by atoms with van der Waals surface area (Å²) in [5.74, 6) is -0.329. The van der Waals surface area contributed by atoms with Crippen molar-refractivity contribution >= 4 is 33.4 Å². The van der Waals surface area contributed by atoms with Crippen LogP contribution in [0.15, 0.2) is 22.7 Å². The highest BCUT2D eigenvalue weighted by molar-refractivity contribution is 9.10. The van der Waals surface area contributed by atoms with Gasteiger partial charge in [0.15, 0.2) is 0 Å². The summed E-state index contributed by atoms with van der Waals surface area (Å²) < 4.78 is 5.89. The molecule has 5 nitrogen and oxygen atoms in total. The molecular weight excluding hydrogens is 336 g/mol. The van der Waals surface area contributed by atoms with Gasteiger partial charge in [-0.05, 0) is 31.0 Å². The quantitative estimate of drug-likeness (QED) is 0.763. The van der Waals surface area contributed by atoms with E-state index in [1.54, 1.807) is 7.11 Å². The van der Waals surface area contributed by atoms with Crippen LogP contribution >= 0.6 is 15.9 Å². The van der Waals surface area contributed by atoms with Gasteiger partial charge < -0.3 is 15.0 Å². The number of halogens is 1. The van der Waals surface area contributed by atoms with Gasteiger partial charge in [0.05, 0.1) is 6.54 Å². The van der Waals surface area contributed by atoms with Crippen molar-refractivity contribution in [1.82, 2.24) is 4.90 Å². The lowest BCUT2D eigenvalue weighted by molar-refractivity contribution is -0.132. The number of anilines is 1. The SMILES string of the molecule is COCCCN(CC(=O)Nc1ccc(C)c(Br)c1)C(C)=O. The first kappa shape index (κ1) is 17.7. The van der Waals surface area contributed by atoms with Gasteiger partial charge in [-0.2, -0.15) is 0 Å². The van der Waals surface area contributed by atoms with E-state index >= 15 is 0 Å². The van der Waals surface area contributed by atoms with Gasteiger partial charge in [0, 0.05) is 37.3 Å². The van der Waals surface area contributed by atoms with Gasteiger partial charge >= 0.3 is 0 Å². The monoisotopic (exact) mass is 356 g/mol. The summed E-state index contributed by atoms with van der Waals surface area (Å²) in [5, 5.41) is 2.79. The fourth-order valence-corrected chi connectivity index (χ4v) is 2.17. The lowest BCUT2D eigenvalue weighted by Crippen LogP contribution is -2.37. The van der Waals surface area contributed by atoms with Crippen molar-refractivity contribution in [3.8, 4) is 0 Å². The maximum absolute atomic E-state index is 12.0. The molecular formula is C15H21BrN2O3. The summed E-state index contributed by atoms with van der Waals surface area (Å²) in [6.45, 7) is 4.56. The molecule has 0 spiro atoms. The third kappa shape index (κ3) is 6.27. The minimum Gasteiger partial charge on any atom is -0.385 e. The standard InChI is InChI=1S/C15H21BrN2O3/c1-11-5-6-13(9-14(11)16)17-15(20)10-18(12(2)19)7-4-8-21-3/h5-6,9H,4,7-8,10H2,1-3H3,(H,17,20). The summed E-state index contributed by atoms with van der Waals surface area (Å²) in [4.78, 5) is 25.0. The summed E-state index contributed by atoms with van der Waals surface area (Å²) in [5.41, 5.74) is 1.80. The number of hydrogen-bond donors (Lipinski definition) is 1. The topological polar surface area (TPSA) is 58.6 Å². The Morgan fingerprint density at radius 1 is 1.38 bits per heavy atom. The molecule has 0 saturated heterocycles. The first-order valence-corrected chi connectivity index (χ1v) is 7.53. The molecule has 6 heteroatoms. The lowest BCUT2D eigenvalue weighted by Gasteiger charge is -2.20. The third-order valence-corrected chi connectivity index (χ3v) is 3.87. The number of nitrogens with zero attached hydrogens (tertiary/aromatic N) is 1. The van der Waals surface area contributed by atoms with E-state index in [9.17, 15) is 9.59 Å². The third-order valence-electron chi connectivity index (χ3n) is 3.01. The maximum Gasteiger partial charge on any atom is 0.243 e. The zero-order chi connectivity index (χ0) is 15.8. The molecule has 0 heterocycles. The Labute approximate surface area is 133 Å². The molecule has 1 N–H and O–H groups in total. The van der Waals surface area contributed by atoms with Crippen LogP contribution in [0.5, 0.6) is 0 Å². The summed E-state index contributed by atoms with van der Waals surface area (Å²) in [6.07, 6.45) is 0.708. The first-order chi connectivity index (χ1) is 9.93. The van der Waals surface area contributed by atoms with E-state index in [-0.39, 0.29) is 18.4 Å². The number of nitrogens with one attached hydrogen (secondary N) is 1. The van der Waals surface area contributed by atoms with Crippen molar-refractivity contribution in [3.05, 3.63) is 28.2 Å². The lowest BCUT2D eigenvalue weighted by atomic mass is 10.2. The van der Waals surface area contributed by atoms with Crippen LogP contribution in [0.1, 0.15) is 18.9 Å². The maximum atomic E-state index is 12.0. The minimum absolute atomic E-state index is 0.0462. The second kappa shape index (κ2) is 8.79. The number of aryl methyl sites for hydroxylation is 1. The average Bonchev–Trinajstić information content (AvgIpc) is 2.42. The van der Waals surface area contributed by atoms with E-state index in [1.807, 2.05) is 25.1 Å². The van der Waals surface area contributed by atoms with E-state index in [2.05, 4.69) is 21.2 Å². The van der Waals surface area contributed by atoms with Crippen molar-refractivity contribution in [2.45, 2.75) is 20.3 Å². The highest BCUT2D eigenvalue weighted by Gasteiger charge is 2.13. The second-order valence-corrected chi connectivity index (χ2v) is 5.65. The molecule has 0 aliphatic rings. The van der Waals surface area contributed by atoms with Crippen molar-refractivity contribution in [1.29, 1.82) is 0 Å². The molecule has 0 fully saturated rings. The predicted octanol–water partition coefficient (Wildman–Crippen LogP) is 2.58. The molecule has 0 unspecified atom stereocenters. The Bertz CT molecular complexity index is 506. The molecule has 1 aromatic carbocycles. The van der Waals surface area contributed by atoms with Crippen molar-refractivity contribution < 1.29 is 14.3 Å². The van der Waals surface area contributed by atoms with Crippen molar-refractivity contribution in [2.75, 3.05) is 32.1 Å². The van der Waals surface area contributed by atoms with Gasteiger partial charge in [-0.25, -0.2) is 0 Å². The zero-order valence-electron chi connectivity index (χ0n) is 12.6. The Morgan fingerprint density at radius 2 is 2.10 bits per heavy atom. The van der Waals surface area contributed by atoms with Crippen LogP contribution in [0.4, 0.5) is 5.69 Å². The predicted molar refractivity (Wildman–Crippen MR) is 86.3 cm³/mol. The second-order valence-electron chi connectivity index (χ2n) is 4.80. The minimum atomic E-state index is -0.210. The van der Waals surface area contributed by atoms with E-state index in [1.165, 1.54) is 11.8 Å². The van der Waals surface area contributed by atoms with Gasteiger partial charge in [-0.3, -0.25) is 9.59 Å². The summed E-state index contributed by atoms with van der Waals surface area (Å²) in [7, 11) is 1.61. The number of amides is 2. The number of carbonyl (C=O) groups is 2. The number of hydrogen-bond acceptors (Lipinski definition) is 3. The van der Waals surface area contributed by atoms with E-state index in [0.717, 1.165) is 10.0 Å². The molecule has 0 saturated carbocycles. The Kier molecular flexibility index (Phi) is 7.39. The number of methoxy groups -OCH3 is 1. The molecule has 2 amide bonds. The van der Waals surface area contributed by atoms with Gasteiger partial charge in [-0.1, -0.05) is 22.0 Å². The van der Waals surface area contributed by atoms with Gasteiger partial charge in [-0.15, -0.1) is 0 Å². The van der Waals surface area contributed by atoms with Crippen LogP contribution in [0.3, 0.4) is 0 Å². The number of carbonyl (C=O) groups excluding carboxylic acids is 2. The molecule has 0 aromatic heterocycles. The molecule has 1 rings (SSSR count). The molecule has 21 heavy (non-hydrogen) atoms. The molecule has 0 aliphatic carbocycles. The molecule has 0 bridgehead atoms. The Balaban J connectivity index is 2.56. The zero-order valence-corrected chi connectivity index (χ0v) is 14.2. The van der Waals surface area contributed by atoms with Crippen LogP contribution < -0.4 is 5.32 Å². The van der Waals surface area contributed by atoms with Gasteiger partial charge in [0.25, 0.3) is 0 Å². The largest absolute Gasteiger partial charge is 0.385 e. The molecule has 0 atom stereocenters. The molecule has 0 radical (unpaired) electrons. The Hall–Kier alpha value is -1.40. The van der Waals surface area contributed by atoms with E-state index < -0.39 is 0 Å². The van der Waals surface area contributed by atoms with Gasteiger partial charge in [0.1, 0.15) is 0 Å². The Morgan fingerprint density at radius 3 is 2.67 bits per heavy atom. The van der Waals surface area contributed by atoms with Crippen LogP contribution in [-0.2, 0) is 14.3 Å². The molecule has 116 valence electrons. The highest BCUT2D eigenvalue weighted by atomic mass is 79.9. The fraction of sp³-hybridized carbons (Fsp3) is 0.467. The molecule has 1 aromatic rings. The van der Waals surface area contributed by atoms with Crippen LogP contribution in [-0.4, -0.2) is 43.5 Å². The van der Waals surface area contributed by atoms with Gasteiger partial charge in [0.2, 0.25) is 11.8 Å². The van der Waals surface area contributed by atoms with Crippen molar-refractivity contribution in [3.63, 3.8) is 0 Å². The summed E-state index contributed by atoms with van der Waals surface area (Å²) in [6, 6.07) is 5.60. The average molecular weight is 357 g/mol.